The summed E-state index contributed by atoms with van der Waals surface area (Å²) in [5.41, 5.74) is 6.71. The molecule has 2 heteroatoms. The molecule has 0 amide bonds. The van der Waals surface area contributed by atoms with Gasteiger partial charge in [0.25, 0.3) is 0 Å². The van der Waals surface area contributed by atoms with E-state index in [1.165, 1.54) is 66.5 Å². The van der Waals surface area contributed by atoms with Gasteiger partial charge in [-0.25, -0.2) is 0 Å². The first-order valence-corrected chi connectivity index (χ1v) is 11.4. The van der Waals surface area contributed by atoms with Crippen LogP contribution in [0.3, 0.4) is 0 Å². The van der Waals surface area contributed by atoms with Gasteiger partial charge in [-0.1, -0.05) is 66.7 Å². The molecule has 0 bridgehead atoms. The van der Waals surface area contributed by atoms with Gasteiger partial charge in [0.2, 0.25) is 0 Å². The first-order chi connectivity index (χ1) is 14.8. The lowest BCUT2D eigenvalue weighted by Crippen LogP contribution is -2.41. The Hall–Kier alpha value is -2.58. The minimum absolute atomic E-state index is 0.596. The Morgan fingerprint density at radius 3 is 2.57 bits per heavy atom. The summed E-state index contributed by atoms with van der Waals surface area (Å²) in [5, 5.41) is 0. The fourth-order valence-corrected chi connectivity index (χ4v) is 5.25. The molecule has 0 N–H and O–H groups in total. The van der Waals surface area contributed by atoms with Crippen LogP contribution in [0.25, 0.3) is 11.1 Å². The number of fused-ring (bicyclic) bond motifs is 1. The van der Waals surface area contributed by atoms with Crippen LogP contribution in [-0.2, 0) is 19.4 Å². The Morgan fingerprint density at radius 2 is 1.73 bits per heavy atom. The van der Waals surface area contributed by atoms with Crippen molar-refractivity contribution in [2.24, 2.45) is 0 Å². The van der Waals surface area contributed by atoms with Crippen LogP contribution < -0.4 is 4.74 Å². The fourth-order valence-electron chi connectivity index (χ4n) is 5.25. The van der Waals surface area contributed by atoms with Gasteiger partial charge < -0.3 is 4.74 Å². The van der Waals surface area contributed by atoms with Crippen molar-refractivity contribution in [3.63, 3.8) is 0 Å². The Labute approximate surface area is 180 Å². The summed E-state index contributed by atoms with van der Waals surface area (Å²) in [4.78, 5) is 2.75. The Balaban J connectivity index is 1.35. The second kappa shape index (κ2) is 8.65. The topological polar surface area (TPSA) is 12.5 Å². The summed E-state index contributed by atoms with van der Waals surface area (Å²) >= 11 is 0. The van der Waals surface area contributed by atoms with Crippen LogP contribution >= 0.6 is 0 Å². The number of rotatable bonds is 5. The van der Waals surface area contributed by atoms with E-state index in [1.807, 2.05) is 6.07 Å². The molecule has 5 rings (SSSR count). The molecule has 1 heterocycles. The van der Waals surface area contributed by atoms with Crippen LogP contribution in [-0.4, -0.2) is 23.5 Å². The summed E-state index contributed by atoms with van der Waals surface area (Å²) in [7, 11) is 0. The van der Waals surface area contributed by atoms with E-state index in [1.54, 1.807) is 0 Å². The van der Waals surface area contributed by atoms with Crippen LogP contribution in [0.5, 0.6) is 5.75 Å². The SMILES string of the molecule is CC1CCCN1C1CCc2cc(-c3ccccc3OCc3ccccc3)ccc2C1. The second-order valence-electron chi connectivity index (χ2n) is 8.88. The minimum atomic E-state index is 0.596. The zero-order valence-corrected chi connectivity index (χ0v) is 17.9. The van der Waals surface area contributed by atoms with Gasteiger partial charge in [0.05, 0.1) is 0 Å². The Kier molecular flexibility index (Phi) is 5.59. The molecule has 3 aromatic rings. The van der Waals surface area contributed by atoms with Gasteiger partial charge in [-0.05, 0) is 73.9 Å². The lowest BCUT2D eigenvalue weighted by atomic mass is 9.85. The highest BCUT2D eigenvalue weighted by Crippen LogP contribution is 2.35. The summed E-state index contributed by atoms with van der Waals surface area (Å²) in [6, 6.07) is 27.4. The third-order valence-electron chi connectivity index (χ3n) is 6.92. The molecular weight excluding hydrogens is 366 g/mol. The molecule has 30 heavy (non-hydrogen) atoms. The van der Waals surface area contributed by atoms with Crippen LogP contribution in [0.2, 0.25) is 0 Å². The molecule has 154 valence electrons. The standard InChI is InChI=1S/C28H31NO/c1-21-8-7-17-29(21)26-16-15-23-18-25(14-13-24(23)19-26)27-11-5-6-12-28(27)30-20-22-9-3-2-4-10-22/h2-6,9-14,18,21,26H,7-8,15-17,19-20H2,1H3. The van der Waals surface area contributed by atoms with Crippen molar-refractivity contribution >= 4 is 0 Å². The van der Waals surface area contributed by atoms with E-state index >= 15 is 0 Å². The zero-order chi connectivity index (χ0) is 20.3. The smallest absolute Gasteiger partial charge is 0.127 e. The molecule has 0 saturated carbocycles. The van der Waals surface area contributed by atoms with Gasteiger partial charge >= 0.3 is 0 Å². The van der Waals surface area contributed by atoms with Gasteiger partial charge in [0, 0.05) is 17.6 Å². The lowest BCUT2D eigenvalue weighted by molar-refractivity contribution is 0.174. The quantitative estimate of drug-likeness (QED) is 0.503. The molecule has 1 aliphatic heterocycles. The van der Waals surface area contributed by atoms with Crippen molar-refractivity contribution in [1.82, 2.24) is 4.90 Å². The van der Waals surface area contributed by atoms with Crippen molar-refractivity contribution in [1.29, 1.82) is 0 Å². The van der Waals surface area contributed by atoms with Gasteiger partial charge in [-0.2, -0.15) is 0 Å². The molecular formula is C28H31NO. The maximum absolute atomic E-state index is 6.21. The van der Waals surface area contributed by atoms with Gasteiger partial charge in [-0.15, -0.1) is 0 Å². The van der Waals surface area contributed by atoms with Gasteiger partial charge in [0.15, 0.2) is 0 Å². The number of aryl methyl sites for hydroxylation is 1. The average Bonchev–Trinajstić information content (AvgIpc) is 3.24. The van der Waals surface area contributed by atoms with Crippen LogP contribution in [0, 0.1) is 0 Å². The number of ether oxygens (including phenoxy) is 1. The molecule has 2 aliphatic rings. The van der Waals surface area contributed by atoms with Crippen LogP contribution in [0.4, 0.5) is 0 Å². The Bertz CT molecular complexity index is 997. The maximum Gasteiger partial charge on any atom is 0.127 e. The number of para-hydroxylation sites is 1. The molecule has 1 aliphatic carbocycles. The van der Waals surface area contributed by atoms with Crippen molar-refractivity contribution in [3.05, 3.63) is 89.5 Å². The largest absolute Gasteiger partial charge is 0.488 e. The summed E-state index contributed by atoms with van der Waals surface area (Å²) < 4.78 is 6.21. The molecule has 1 fully saturated rings. The van der Waals surface area contributed by atoms with E-state index in [4.69, 9.17) is 4.74 Å². The number of likely N-dealkylation sites (tertiary alicyclic amines) is 1. The third-order valence-corrected chi connectivity index (χ3v) is 6.92. The molecule has 2 unspecified atom stereocenters. The maximum atomic E-state index is 6.21. The molecule has 1 saturated heterocycles. The highest BCUT2D eigenvalue weighted by molar-refractivity contribution is 5.71. The van der Waals surface area contributed by atoms with Gasteiger partial charge in [0.1, 0.15) is 12.4 Å². The minimum Gasteiger partial charge on any atom is -0.488 e. The normalized spacial score (nSPS) is 21.4. The number of nitrogens with zero attached hydrogens (tertiary/aromatic N) is 1. The molecule has 2 atom stereocenters. The number of benzene rings is 3. The first kappa shape index (κ1) is 19.4. The zero-order valence-electron chi connectivity index (χ0n) is 17.9. The average molecular weight is 398 g/mol. The Morgan fingerprint density at radius 1 is 0.900 bits per heavy atom. The van der Waals surface area contributed by atoms with Crippen molar-refractivity contribution in [2.45, 2.75) is 57.7 Å². The third kappa shape index (κ3) is 4.02. The van der Waals surface area contributed by atoms with E-state index in [2.05, 4.69) is 78.6 Å². The summed E-state index contributed by atoms with van der Waals surface area (Å²) in [6.45, 7) is 4.28. The van der Waals surface area contributed by atoms with E-state index < -0.39 is 0 Å². The van der Waals surface area contributed by atoms with Crippen molar-refractivity contribution in [2.75, 3.05) is 6.54 Å². The van der Waals surface area contributed by atoms with Gasteiger partial charge in [-0.3, -0.25) is 4.90 Å². The molecule has 0 radical (unpaired) electrons. The predicted molar refractivity (Wildman–Crippen MR) is 124 cm³/mol. The highest BCUT2D eigenvalue weighted by atomic mass is 16.5. The monoisotopic (exact) mass is 397 g/mol. The van der Waals surface area contributed by atoms with Crippen molar-refractivity contribution in [3.8, 4) is 16.9 Å². The predicted octanol–water partition coefficient (Wildman–Crippen LogP) is 6.27. The number of hydrogen-bond donors (Lipinski definition) is 0. The van der Waals surface area contributed by atoms with Crippen LogP contribution in [0.15, 0.2) is 72.8 Å². The fraction of sp³-hybridized carbons (Fsp3) is 0.357. The molecule has 3 aromatic carbocycles. The first-order valence-electron chi connectivity index (χ1n) is 11.4. The summed E-state index contributed by atoms with van der Waals surface area (Å²) in [6.07, 6.45) is 6.40. The number of hydrogen-bond acceptors (Lipinski definition) is 2. The lowest BCUT2D eigenvalue weighted by Gasteiger charge is -2.35. The summed E-state index contributed by atoms with van der Waals surface area (Å²) in [5.74, 6) is 0.959. The van der Waals surface area contributed by atoms with E-state index in [9.17, 15) is 0 Å². The molecule has 0 spiro atoms. The van der Waals surface area contributed by atoms with E-state index in [0.29, 0.717) is 6.61 Å². The highest BCUT2D eigenvalue weighted by Gasteiger charge is 2.30. The van der Waals surface area contributed by atoms with E-state index in [0.717, 1.165) is 17.8 Å². The molecule has 2 nitrogen and oxygen atoms in total. The molecule has 0 aromatic heterocycles. The second-order valence-corrected chi connectivity index (χ2v) is 8.88. The van der Waals surface area contributed by atoms with Crippen molar-refractivity contribution < 1.29 is 4.74 Å². The van der Waals surface area contributed by atoms with Crippen LogP contribution in [0.1, 0.15) is 42.9 Å². The van der Waals surface area contributed by atoms with E-state index in [-0.39, 0.29) is 0 Å².